The summed E-state index contributed by atoms with van der Waals surface area (Å²) in [5, 5.41) is 8.62. The largest absolute Gasteiger partial charge is 0.481 e. The molecule has 80 valence electrons. The van der Waals surface area contributed by atoms with Crippen LogP contribution >= 0.6 is 0 Å². The number of rotatable bonds is 3. The van der Waals surface area contributed by atoms with Crippen molar-refractivity contribution in [3.05, 3.63) is 0 Å². The predicted molar refractivity (Wildman–Crippen MR) is 51.8 cm³/mol. The van der Waals surface area contributed by atoms with Gasteiger partial charge in [0.25, 0.3) is 0 Å². The summed E-state index contributed by atoms with van der Waals surface area (Å²) in [6.45, 7) is 6.50. The first-order chi connectivity index (χ1) is 6.32. The van der Waals surface area contributed by atoms with E-state index < -0.39 is 5.97 Å². The van der Waals surface area contributed by atoms with Crippen molar-refractivity contribution in [2.75, 3.05) is 6.54 Å². The number of amides is 1. The SMILES string of the molecule is CC(CC(=O)O)N1CC(C)(C)CC1=O. The van der Waals surface area contributed by atoms with Crippen molar-refractivity contribution >= 4 is 11.9 Å². The molecule has 0 aromatic carbocycles. The maximum absolute atomic E-state index is 11.5. The molecule has 0 spiro atoms. The molecule has 0 bridgehead atoms. The van der Waals surface area contributed by atoms with Crippen LogP contribution in [0.5, 0.6) is 0 Å². The number of likely N-dealkylation sites (tertiary alicyclic amines) is 1. The lowest BCUT2D eigenvalue weighted by Crippen LogP contribution is -2.36. The van der Waals surface area contributed by atoms with Gasteiger partial charge in [-0.1, -0.05) is 13.8 Å². The smallest absolute Gasteiger partial charge is 0.305 e. The van der Waals surface area contributed by atoms with Crippen molar-refractivity contribution in [2.45, 2.75) is 39.7 Å². The number of aliphatic carboxylic acids is 1. The number of carbonyl (C=O) groups is 2. The molecule has 0 aromatic rings. The Hall–Kier alpha value is -1.06. The lowest BCUT2D eigenvalue weighted by Gasteiger charge is -2.25. The highest BCUT2D eigenvalue weighted by atomic mass is 16.4. The first-order valence-electron chi connectivity index (χ1n) is 4.83. The minimum atomic E-state index is -0.852. The molecule has 1 atom stereocenters. The Morgan fingerprint density at radius 1 is 1.64 bits per heavy atom. The summed E-state index contributed by atoms with van der Waals surface area (Å²) < 4.78 is 0. The van der Waals surface area contributed by atoms with E-state index in [1.165, 1.54) is 0 Å². The van der Waals surface area contributed by atoms with E-state index in [0.29, 0.717) is 13.0 Å². The topological polar surface area (TPSA) is 57.6 Å². The summed E-state index contributed by atoms with van der Waals surface area (Å²) >= 11 is 0. The molecule has 1 rings (SSSR count). The molecular weight excluding hydrogens is 182 g/mol. The number of carboxylic acid groups (broad SMARTS) is 1. The van der Waals surface area contributed by atoms with Crippen LogP contribution in [0, 0.1) is 5.41 Å². The van der Waals surface area contributed by atoms with E-state index in [1.54, 1.807) is 11.8 Å². The van der Waals surface area contributed by atoms with Crippen molar-refractivity contribution in [1.29, 1.82) is 0 Å². The molecule has 1 aliphatic heterocycles. The van der Waals surface area contributed by atoms with E-state index in [1.807, 2.05) is 13.8 Å². The van der Waals surface area contributed by atoms with Gasteiger partial charge in [-0.05, 0) is 12.3 Å². The fourth-order valence-corrected chi connectivity index (χ4v) is 1.88. The summed E-state index contributed by atoms with van der Waals surface area (Å²) in [6, 6.07) is -0.193. The van der Waals surface area contributed by atoms with Crippen molar-refractivity contribution in [3.8, 4) is 0 Å². The van der Waals surface area contributed by atoms with Gasteiger partial charge in [0.15, 0.2) is 0 Å². The summed E-state index contributed by atoms with van der Waals surface area (Å²) in [7, 11) is 0. The molecule has 1 fully saturated rings. The zero-order chi connectivity index (χ0) is 10.9. The van der Waals surface area contributed by atoms with Crippen LogP contribution in [0.4, 0.5) is 0 Å². The van der Waals surface area contributed by atoms with Crippen molar-refractivity contribution in [2.24, 2.45) is 5.41 Å². The average Bonchev–Trinajstić information content (AvgIpc) is 2.23. The second kappa shape index (κ2) is 3.59. The highest BCUT2D eigenvalue weighted by Crippen LogP contribution is 2.31. The minimum Gasteiger partial charge on any atom is -0.481 e. The van der Waals surface area contributed by atoms with Crippen LogP contribution in [0.15, 0.2) is 0 Å². The first-order valence-corrected chi connectivity index (χ1v) is 4.83. The molecule has 1 aliphatic rings. The van der Waals surface area contributed by atoms with Gasteiger partial charge in [-0.15, -0.1) is 0 Å². The molecule has 0 saturated carbocycles. The third-order valence-corrected chi connectivity index (χ3v) is 2.55. The van der Waals surface area contributed by atoms with E-state index in [2.05, 4.69) is 0 Å². The molecule has 1 heterocycles. The molecule has 4 heteroatoms. The van der Waals surface area contributed by atoms with Gasteiger partial charge in [0, 0.05) is 19.0 Å². The average molecular weight is 199 g/mol. The molecule has 1 unspecified atom stereocenters. The molecule has 1 amide bonds. The second-order valence-electron chi connectivity index (χ2n) is 4.81. The number of carbonyl (C=O) groups excluding carboxylic acids is 1. The lowest BCUT2D eigenvalue weighted by molar-refractivity contribution is -0.139. The Kier molecular flexibility index (Phi) is 2.83. The second-order valence-corrected chi connectivity index (χ2v) is 4.81. The number of hydrogen-bond acceptors (Lipinski definition) is 2. The fraction of sp³-hybridized carbons (Fsp3) is 0.800. The molecule has 0 aliphatic carbocycles. The Labute approximate surface area is 83.9 Å². The summed E-state index contributed by atoms with van der Waals surface area (Å²) in [5.74, 6) is -0.779. The van der Waals surface area contributed by atoms with Gasteiger partial charge in [-0.25, -0.2) is 0 Å². The maximum Gasteiger partial charge on any atom is 0.305 e. The van der Waals surface area contributed by atoms with Crippen molar-refractivity contribution in [1.82, 2.24) is 4.90 Å². The molecule has 1 N–H and O–H groups in total. The summed E-state index contributed by atoms with van der Waals surface area (Å²) in [6.07, 6.45) is 0.554. The normalized spacial score (nSPS) is 22.5. The van der Waals surface area contributed by atoms with E-state index >= 15 is 0 Å². The minimum absolute atomic E-state index is 0.0101. The van der Waals surface area contributed by atoms with E-state index in [4.69, 9.17) is 5.11 Å². The first kappa shape index (κ1) is 11.0. The number of nitrogens with zero attached hydrogens (tertiary/aromatic N) is 1. The van der Waals surface area contributed by atoms with Crippen LogP contribution in [0.1, 0.15) is 33.6 Å². The Morgan fingerprint density at radius 3 is 2.57 bits per heavy atom. The van der Waals surface area contributed by atoms with Gasteiger partial charge in [-0.2, -0.15) is 0 Å². The highest BCUT2D eigenvalue weighted by molar-refractivity contribution is 5.80. The molecule has 1 saturated heterocycles. The lowest BCUT2D eigenvalue weighted by atomic mass is 9.93. The van der Waals surface area contributed by atoms with Crippen LogP contribution in [0.2, 0.25) is 0 Å². The molecular formula is C10H17NO3. The highest BCUT2D eigenvalue weighted by Gasteiger charge is 2.38. The summed E-state index contributed by atoms with van der Waals surface area (Å²) in [4.78, 5) is 23.7. The van der Waals surface area contributed by atoms with Crippen molar-refractivity contribution < 1.29 is 14.7 Å². The van der Waals surface area contributed by atoms with Crippen LogP contribution in [0.3, 0.4) is 0 Å². The quantitative estimate of drug-likeness (QED) is 0.740. The number of hydrogen-bond donors (Lipinski definition) is 1. The van der Waals surface area contributed by atoms with Gasteiger partial charge < -0.3 is 10.0 Å². The van der Waals surface area contributed by atoms with Gasteiger partial charge in [-0.3, -0.25) is 9.59 Å². The Bertz CT molecular complexity index is 260. The standard InChI is InChI=1S/C10H17NO3/c1-7(4-9(13)14)11-6-10(2,3)5-8(11)12/h7H,4-6H2,1-3H3,(H,13,14). The van der Waals surface area contributed by atoms with Crippen LogP contribution in [0.25, 0.3) is 0 Å². The van der Waals surface area contributed by atoms with Crippen LogP contribution in [-0.2, 0) is 9.59 Å². The van der Waals surface area contributed by atoms with E-state index in [-0.39, 0.29) is 23.8 Å². The third kappa shape index (κ3) is 2.47. The molecule has 4 nitrogen and oxygen atoms in total. The van der Waals surface area contributed by atoms with Gasteiger partial charge in [0.2, 0.25) is 5.91 Å². The van der Waals surface area contributed by atoms with Gasteiger partial charge >= 0.3 is 5.97 Å². The van der Waals surface area contributed by atoms with E-state index in [9.17, 15) is 9.59 Å². The fourth-order valence-electron chi connectivity index (χ4n) is 1.88. The molecule has 0 radical (unpaired) electrons. The van der Waals surface area contributed by atoms with Crippen LogP contribution in [-0.4, -0.2) is 34.5 Å². The van der Waals surface area contributed by atoms with Crippen LogP contribution < -0.4 is 0 Å². The Balaban J connectivity index is 2.61. The maximum atomic E-state index is 11.5. The Morgan fingerprint density at radius 2 is 2.21 bits per heavy atom. The number of carboxylic acids is 1. The third-order valence-electron chi connectivity index (χ3n) is 2.55. The predicted octanol–water partition coefficient (Wildman–Crippen LogP) is 1.11. The van der Waals surface area contributed by atoms with Crippen molar-refractivity contribution in [3.63, 3.8) is 0 Å². The zero-order valence-corrected chi connectivity index (χ0v) is 8.91. The molecule has 0 aromatic heterocycles. The monoisotopic (exact) mass is 199 g/mol. The van der Waals surface area contributed by atoms with Gasteiger partial charge in [0.05, 0.1) is 6.42 Å². The summed E-state index contributed by atoms with van der Waals surface area (Å²) in [5.41, 5.74) is -0.0101. The van der Waals surface area contributed by atoms with E-state index in [0.717, 1.165) is 0 Å². The van der Waals surface area contributed by atoms with Gasteiger partial charge in [0.1, 0.15) is 0 Å². The zero-order valence-electron chi connectivity index (χ0n) is 8.91. The molecule has 14 heavy (non-hydrogen) atoms.